The van der Waals surface area contributed by atoms with Crippen molar-refractivity contribution < 1.29 is 8.42 Å². The number of halogens is 2. The van der Waals surface area contributed by atoms with E-state index >= 15 is 0 Å². The zero-order chi connectivity index (χ0) is 18.6. The Morgan fingerprint density at radius 3 is 2.08 bits per heavy atom. The molecule has 0 radical (unpaired) electrons. The van der Waals surface area contributed by atoms with Gasteiger partial charge in [0, 0.05) is 16.8 Å². The van der Waals surface area contributed by atoms with Crippen LogP contribution in [0.1, 0.15) is 5.56 Å². The summed E-state index contributed by atoms with van der Waals surface area (Å²) in [6, 6.07) is 20.2. The predicted octanol–water partition coefficient (Wildman–Crippen LogP) is 5.54. The van der Waals surface area contributed by atoms with E-state index in [0.29, 0.717) is 21.4 Å². The van der Waals surface area contributed by atoms with Gasteiger partial charge in [0.2, 0.25) is 0 Å². The van der Waals surface area contributed by atoms with Crippen LogP contribution in [0.4, 0.5) is 11.4 Å². The Hall–Kier alpha value is -2.34. The van der Waals surface area contributed by atoms with Crippen molar-refractivity contribution >= 4 is 50.8 Å². The fraction of sp³-hybridized carbons (Fsp3) is 0. The summed E-state index contributed by atoms with van der Waals surface area (Å²) in [7, 11) is -3.73. The molecule has 0 aliphatic heterocycles. The van der Waals surface area contributed by atoms with Crippen molar-refractivity contribution in [1.82, 2.24) is 0 Å². The summed E-state index contributed by atoms with van der Waals surface area (Å²) in [5.41, 5.74) is 1.72. The van der Waals surface area contributed by atoms with Crippen LogP contribution < -0.4 is 4.72 Å². The van der Waals surface area contributed by atoms with Gasteiger partial charge in [0.05, 0.1) is 21.3 Å². The maximum absolute atomic E-state index is 12.5. The van der Waals surface area contributed by atoms with Crippen molar-refractivity contribution in [1.29, 1.82) is 0 Å². The second-order valence-electron chi connectivity index (χ2n) is 5.36. The van der Waals surface area contributed by atoms with Crippen molar-refractivity contribution in [2.75, 3.05) is 4.72 Å². The highest BCUT2D eigenvalue weighted by atomic mass is 35.5. The zero-order valence-electron chi connectivity index (χ0n) is 13.4. The molecular weight excluding hydrogens is 391 g/mol. The van der Waals surface area contributed by atoms with E-state index in [1.54, 1.807) is 48.7 Å². The number of nitrogens with zero attached hydrogens (tertiary/aromatic N) is 1. The van der Waals surface area contributed by atoms with Gasteiger partial charge in [-0.05, 0) is 42.5 Å². The van der Waals surface area contributed by atoms with Crippen molar-refractivity contribution in [3.05, 3.63) is 88.4 Å². The third kappa shape index (κ3) is 4.43. The molecule has 0 spiro atoms. The van der Waals surface area contributed by atoms with Crippen molar-refractivity contribution in [2.24, 2.45) is 4.99 Å². The summed E-state index contributed by atoms with van der Waals surface area (Å²) in [5.74, 6) is 0. The van der Waals surface area contributed by atoms with Gasteiger partial charge in [-0.15, -0.1) is 0 Å². The Kier molecular flexibility index (Phi) is 5.61. The van der Waals surface area contributed by atoms with Crippen molar-refractivity contribution in [2.45, 2.75) is 4.90 Å². The molecule has 0 atom stereocenters. The molecule has 0 amide bonds. The Bertz CT molecular complexity index is 1050. The fourth-order valence-corrected chi connectivity index (χ4v) is 3.69. The minimum atomic E-state index is -3.73. The monoisotopic (exact) mass is 404 g/mol. The van der Waals surface area contributed by atoms with Crippen LogP contribution in [0.3, 0.4) is 0 Å². The largest absolute Gasteiger partial charge is 0.278 e. The molecule has 0 bridgehead atoms. The van der Waals surface area contributed by atoms with Gasteiger partial charge in [0.15, 0.2) is 0 Å². The molecule has 3 aromatic rings. The zero-order valence-corrected chi connectivity index (χ0v) is 15.8. The van der Waals surface area contributed by atoms with E-state index in [1.807, 2.05) is 18.2 Å². The van der Waals surface area contributed by atoms with E-state index < -0.39 is 10.0 Å². The summed E-state index contributed by atoms with van der Waals surface area (Å²) >= 11 is 12.1. The normalized spacial score (nSPS) is 11.6. The lowest BCUT2D eigenvalue weighted by Gasteiger charge is -2.09. The van der Waals surface area contributed by atoms with Gasteiger partial charge >= 0.3 is 0 Å². The van der Waals surface area contributed by atoms with Gasteiger partial charge in [-0.1, -0.05) is 53.5 Å². The van der Waals surface area contributed by atoms with Gasteiger partial charge in [-0.25, -0.2) is 8.42 Å². The van der Waals surface area contributed by atoms with Crippen LogP contribution in [0.2, 0.25) is 10.0 Å². The Labute approximate surface area is 162 Å². The number of para-hydroxylation sites is 1. The average molecular weight is 405 g/mol. The number of anilines is 1. The Morgan fingerprint density at radius 2 is 1.42 bits per heavy atom. The average Bonchev–Trinajstić information content (AvgIpc) is 2.63. The van der Waals surface area contributed by atoms with Gasteiger partial charge in [0.25, 0.3) is 10.0 Å². The molecule has 0 aliphatic rings. The third-order valence-electron chi connectivity index (χ3n) is 3.52. The predicted molar refractivity (Wildman–Crippen MR) is 107 cm³/mol. The third-order valence-corrected chi connectivity index (χ3v) is 5.58. The smallest absolute Gasteiger partial charge is 0.261 e. The molecule has 0 fully saturated rings. The SMILES string of the molecule is O=S(=O)(Nc1ccccc1Cl)c1ccc(N=Cc2ccccc2Cl)cc1. The minimum Gasteiger partial charge on any atom is -0.278 e. The summed E-state index contributed by atoms with van der Waals surface area (Å²) in [5, 5.41) is 0.927. The van der Waals surface area contributed by atoms with E-state index in [4.69, 9.17) is 23.2 Å². The molecule has 0 heterocycles. The van der Waals surface area contributed by atoms with Gasteiger partial charge in [-0.3, -0.25) is 9.71 Å². The van der Waals surface area contributed by atoms with Crippen LogP contribution >= 0.6 is 23.2 Å². The molecule has 26 heavy (non-hydrogen) atoms. The molecule has 1 N–H and O–H groups in total. The van der Waals surface area contributed by atoms with E-state index in [1.165, 1.54) is 12.1 Å². The lowest BCUT2D eigenvalue weighted by atomic mass is 10.2. The van der Waals surface area contributed by atoms with Gasteiger partial charge in [-0.2, -0.15) is 0 Å². The quantitative estimate of drug-likeness (QED) is 0.567. The molecule has 132 valence electrons. The number of benzene rings is 3. The molecule has 0 aromatic heterocycles. The van der Waals surface area contributed by atoms with Gasteiger partial charge < -0.3 is 0 Å². The Morgan fingerprint density at radius 1 is 0.808 bits per heavy atom. The van der Waals surface area contributed by atoms with Crippen LogP contribution in [-0.2, 0) is 10.0 Å². The topological polar surface area (TPSA) is 58.5 Å². The van der Waals surface area contributed by atoms with E-state index in [-0.39, 0.29) is 4.90 Å². The highest BCUT2D eigenvalue weighted by molar-refractivity contribution is 7.92. The summed E-state index contributed by atoms with van der Waals surface area (Å²) in [6.45, 7) is 0. The van der Waals surface area contributed by atoms with Crippen molar-refractivity contribution in [3.63, 3.8) is 0 Å². The van der Waals surface area contributed by atoms with Crippen LogP contribution in [0.5, 0.6) is 0 Å². The molecule has 0 unspecified atom stereocenters. The van der Waals surface area contributed by atoms with Crippen LogP contribution in [0.15, 0.2) is 82.7 Å². The fourth-order valence-electron chi connectivity index (χ4n) is 2.18. The minimum absolute atomic E-state index is 0.120. The number of hydrogen-bond donors (Lipinski definition) is 1. The molecule has 0 saturated carbocycles. The first kappa shape index (κ1) is 18.5. The number of hydrogen-bond acceptors (Lipinski definition) is 3. The maximum Gasteiger partial charge on any atom is 0.261 e. The summed E-state index contributed by atoms with van der Waals surface area (Å²) in [6.07, 6.45) is 1.63. The number of rotatable bonds is 5. The molecule has 4 nitrogen and oxygen atoms in total. The molecule has 3 aromatic carbocycles. The lowest BCUT2D eigenvalue weighted by molar-refractivity contribution is 0.601. The van der Waals surface area contributed by atoms with E-state index in [0.717, 1.165) is 5.56 Å². The highest BCUT2D eigenvalue weighted by Crippen LogP contribution is 2.25. The Balaban J connectivity index is 1.79. The first-order chi connectivity index (χ1) is 12.5. The molecule has 0 aliphatic carbocycles. The van der Waals surface area contributed by atoms with E-state index in [2.05, 4.69) is 9.71 Å². The first-order valence-corrected chi connectivity index (χ1v) is 9.86. The summed E-state index contributed by atoms with van der Waals surface area (Å²) < 4.78 is 27.4. The van der Waals surface area contributed by atoms with Crippen LogP contribution in [-0.4, -0.2) is 14.6 Å². The molecule has 0 saturated heterocycles. The molecule has 7 heteroatoms. The maximum atomic E-state index is 12.5. The molecule has 3 rings (SSSR count). The van der Waals surface area contributed by atoms with Gasteiger partial charge in [0.1, 0.15) is 0 Å². The summed E-state index contributed by atoms with van der Waals surface area (Å²) in [4.78, 5) is 4.43. The van der Waals surface area contributed by atoms with Crippen LogP contribution in [0.25, 0.3) is 0 Å². The second kappa shape index (κ2) is 7.91. The highest BCUT2D eigenvalue weighted by Gasteiger charge is 2.15. The number of nitrogens with one attached hydrogen (secondary N) is 1. The van der Waals surface area contributed by atoms with E-state index in [9.17, 15) is 8.42 Å². The second-order valence-corrected chi connectivity index (χ2v) is 7.86. The lowest BCUT2D eigenvalue weighted by Crippen LogP contribution is -2.13. The molecular formula is C19H14Cl2N2O2S. The van der Waals surface area contributed by atoms with Crippen molar-refractivity contribution in [3.8, 4) is 0 Å². The number of sulfonamides is 1. The van der Waals surface area contributed by atoms with Crippen LogP contribution in [0, 0.1) is 0 Å². The first-order valence-electron chi connectivity index (χ1n) is 7.62. The number of aliphatic imine (C=N–C) groups is 1. The standard InChI is InChI=1S/C19H14Cl2N2O2S/c20-17-6-2-1-5-14(17)13-22-15-9-11-16(12-10-15)26(24,25)23-19-8-4-3-7-18(19)21/h1-13,23H.